The van der Waals surface area contributed by atoms with Gasteiger partial charge in [0.25, 0.3) is 0 Å². The second kappa shape index (κ2) is 7.81. The van der Waals surface area contributed by atoms with Gasteiger partial charge in [-0.15, -0.1) is 12.4 Å². The predicted octanol–water partition coefficient (Wildman–Crippen LogP) is 1.72. The van der Waals surface area contributed by atoms with Crippen LogP contribution in [0.5, 0.6) is 11.5 Å². The molecular weight excluding hydrogens is 277 g/mol. The van der Waals surface area contributed by atoms with Crippen LogP contribution < -0.4 is 10.5 Å². The van der Waals surface area contributed by atoms with Gasteiger partial charge in [-0.25, -0.2) is 9.18 Å². The fraction of sp³-hybridized carbons (Fsp3) is 0.417. The van der Waals surface area contributed by atoms with E-state index in [-0.39, 0.29) is 36.1 Å². The zero-order valence-corrected chi connectivity index (χ0v) is 11.4. The van der Waals surface area contributed by atoms with Crippen LogP contribution in [-0.4, -0.2) is 31.0 Å². The number of halogens is 2. The van der Waals surface area contributed by atoms with Gasteiger partial charge in [-0.3, -0.25) is 0 Å². The van der Waals surface area contributed by atoms with Crippen molar-refractivity contribution in [3.8, 4) is 11.5 Å². The second-order valence-corrected chi connectivity index (χ2v) is 3.61. The van der Waals surface area contributed by atoms with Crippen molar-refractivity contribution in [2.45, 2.75) is 19.1 Å². The number of hydrogen-bond acceptors (Lipinski definition) is 5. The molecule has 1 aromatic carbocycles. The summed E-state index contributed by atoms with van der Waals surface area (Å²) in [6.07, 6.45) is -1.98. The van der Waals surface area contributed by atoms with Gasteiger partial charge in [0.2, 0.25) is 6.17 Å². The molecule has 0 aliphatic rings. The number of rotatable bonds is 5. The number of hydrogen-bond donors (Lipinski definition) is 2. The van der Waals surface area contributed by atoms with E-state index >= 15 is 0 Å². The summed E-state index contributed by atoms with van der Waals surface area (Å²) in [5.41, 5.74) is 5.95. The molecule has 0 saturated carbocycles. The van der Waals surface area contributed by atoms with Crippen LogP contribution in [0.4, 0.5) is 4.39 Å². The first-order valence-electron chi connectivity index (χ1n) is 5.44. The molecule has 1 rings (SSSR count). The lowest BCUT2D eigenvalue weighted by molar-refractivity contribution is -0.149. The smallest absolute Gasteiger partial charge is 0.342 e. The van der Waals surface area contributed by atoms with Crippen LogP contribution in [0.2, 0.25) is 0 Å². The minimum absolute atomic E-state index is 0. The van der Waals surface area contributed by atoms with Gasteiger partial charge in [-0.2, -0.15) is 0 Å². The monoisotopic (exact) mass is 293 g/mol. The number of methoxy groups -OCH3 is 1. The molecule has 0 spiro atoms. The Morgan fingerprint density at radius 1 is 1.53 bits per heavy atom. The van der Waals surface area contributed by atoms with Crippen LogP contribution >= 0.6 is 12.4 Å². The number of esters is 1. The van der Waals surface area contributed by atoms with Crippen molar-refractivity contribution in [3.05, 3.63) is 23.8 Å². The highest BCUT2D eigenvalue weighted by Gasteiger charge is 2.29. The molecule has 0 fully saturated rings. The zero-order chi connectivity index (χ0) is 13.7. The summed E-state index contributed by atoms with van der Waals surface area (Å²) in [6, 6.07) is 2.84. The summed E-state index contributed by atoms with van der Waals surface area (Å²) in [4.78, 5) is 11.3. The van der Waals surface area contributed by atoms with Gasteiger partial charge in [-0.05, 0) is 19.1 Å². The molecule has 0 heterocycles. The van der Waals surface area contributed by atoms with Crippen molar-refractivity contribution in [2.75, 3.05) is 13.7 Å². The first kappa shape index (κ1) is 17.5. The second-order valence-electron chi connectivity index (χ2n) is 3.61. The number of ether oxygens (including phenoxy) is 2. The summed E-state index contributed by atoms with van der Waals surface area (Å²) in [5.74, 6) is -0.830. The number of phenolic OH excluding ortho intramolecular Hbond substituents is 1. The van der Waals surface area contributed by atoms with E-state index in [1.807, 2.05) is 0 Å². The third-order valence-corrected chi connectivity index (χ3v) is 2.40. The van der Waals surface area contributed by atoms with E-state index in [2.05, 4.69) is 4.74 Å². The van der Waals surface area contributed by atoms with Crippen LogP contribution in [0.25, 0.3) is 0 Å². The van der Waals surface area contributed by atoms with E-state index < -0.39 is 18.2 Å². The summed E-state index contributed by atoms with van der Waals surface area (Å²) in [7, 11) is 1.36. The Bertz CT molecular complexity index is 430. The molecule has 0 saturated heterocycles. The molecule has 1 unspecified atom stereocenters. The SMILES string of the molecule is CCOC(=O)C(F)[C@H](N)c1ccc(O)cc1OC.Cl. The topological polar surface area (TPSA) is 81.8 Å². The van der Waals surface area contributed by atoms with E-state index in [4.69, 9.17) is 10.5 Å². The summed E-state index contributed by atoms with van der Waals surface area (Å²) < 4.78 is 23.3. The van der Waals surface area contributed by atoms with Gasteiger partial charge in [-0.1, -0.05) is 0 Å². The van der Waals surface area contributed by atoms with E-state index in [1.54, 1.807) is 6.92 Å². The molecule has 0 amide bonds. The van der Waals surface area contributed by atoms with E-state index in [9.17, 15) is 14.3 Å². The number of phenols is 1. The normalized spacial score (nSPS) is 13.1. The number of carbonyl (C=O) groups is 1. The Morgan fingerprint density at radius 3 is 2.68 bits per heavy atom. The quantitative estimate of drug-likeness (QED) is 0.808. The first-order valence-corrected chi connectivity index (χ1v) is 5.44. The van der Waals surface area contributed by atoms with Crippen molar-refractivity contribution < 1.29 is 23.8 Å². The molecule has 0 radical (unpaired) electrons. The lowest BCUT2D eigenvalue weighted by Crippen LogP contribution is -2.31. The minimum Gasteiger partial charge on any atom is -0.508 e. The molecule has 19 heavy (non-hydrogen) atoms. The van der Waals surface area contributed by atoms with Crippen LogP contribution in [0.3, 0.4) is 0 Å². The third-order valence-electron chi connectivity index (χ3n) is 2.40. The molecule has 0 aliphatic heterocycles. The number of aromatic hydroxyl groups is 1. The van der Waals surface area contributed by atoms with Crippen molar-refractivity contribution in [1.29, 1.82) is 0 Å². The fourth-order valence-electron chi connectivity index (χ4n) is 1.50. The molecule has 1 aromatic rings. The maximum absolute atomic E-state index is 13.8. The van der Waals surface area contributed by atoms with Gasteiger partial charge in [0, 0.05) is 11.6 Å². The van der Waals surface area contributed by atoms with Crippen molar-refractivity contribution in [1.82, 2.24) is 0 Å². The molecule has 0 bridgehead atoms. The van der Waals surface area contributed by atoms with Gasteiger partial charge in [0.05, 0.1) is 19.8 Å². The van der Waals surface area contributed by atoms with E-state index in [0.29, 0.717) is 0 Å². The highest BCUT2D eigenvalue weighted by Crippen LogP contribution is 2.30. The largest absolute Gasteiger partial charge is 0.508 e. The zero-order valence-electron chi connectivity index (χ0n) is 10.6. The lowest BCUT2D eigenvalue weighted by Gasteiger charge is -2.18. The number of benzene rings is 1. The molecular formula is C12H17ClFNO4. The molecule has 0 aromatic heterocycles. The Labute approximate surface area is 116 Å². The third kappa shape index (κ3) is 4.25. The average Bonchev–Trinajstić information content (AvgIpc) is 2.37. The number of alkyl halides is 1. The van der Waals surface area contributed by atoms with Crippen molar-refractivity contribution in [2.24, 2.45) is 5.73 Å². The van der Waals surface area contributed by atoms with E-state index in [1.165, 1.54) is 25.3 Å². The molecule has 5 nitrogen and oxygen atoms in total. The summed E-state index contributed by atoms with van der Waals surface area (Å²) >= 11 is 0. The van der Waals surface area contributed by atoms with Crippen LogP contribution in [0, 0.1) is 0 Å². The van der Waals surface area contributed by atoms with Gasteiger partial charge < -0.3 is 20.3 Å². The van der Waals surface area contributed by atoms with Gasteiger partial charge in [0.1, 0.15) is 11.5 Å². The molecule has 7 heteroatoms. The minimum atomic E-state index is -1.98. The highest BCUT2D eigenvalue weighted by atomic mass is 35.5. The van der Waals surface area contributed by atoms with Gasteiger partial charge >= 0.3 is 5.97 Å². The van der Waals surface area contributed by atoms with Crippen LogP contribution in [0.15, 0.2) is 18.2 Å². The van der Waals surface area contributed by atoms with Crippen LogP contribution in [-0.2, 0) is 9.53 Å². The highest BCUT2D eigenvalue weighted by molar-refractivity contribution is 5.85. The first-order chi connectivity index (χ1) is 8.51. The lowest BCUT2D eigenvalue weighted by atomic mass is 10.0. The van der Waals surface area contributed by atoms with Crippen molar-refractivity contribution >= 4 is 18.4 Å². The molecule has 2 atom stereocenters. The Hall–Kier alpha value is -1.53. The van der Waals surface area contributed by atoms with E-state index in [0.717, 1.165) is 0 Å². The Kier molecular flexibility index (Phi) is 7.18. The predicted molar refractivity (Wildman–Crippen MR) is 70.4 cm³/mol. The standard InChI is InChI=1S/C12H16FNO4.ClH/c1-3-18-12(16)10(13)11(14)8-5-4-7(15)6-9(8)17-2;/h4-6,10-11,15H,3,14H2,1-2H3;1H/t10?,11-;/m1./s1. The maximum atomic E-state index is 13.8. The van der Waals surface area contributed by atoms with Crippen molar-refractivity contribution in [3.63, 3.8) is 0 Å². The van der Waals surface area contributed by atoms with Crippen LogP contribution in [0.1, 0.15) is 18.5 Å². The fourth-order valence-corrected chi connectivity index (χ4v) is 1.50. The average molecular weight is 294 g/mol. The summed E-state index contributed by atoms with van der Waals surface area (Å²) in [6.45, 7) is 1.66. The maximum Gasteiger partial charge on any atom is 0.342 e. The number of nitrogens with two attached hydrogens (primary N) is 1. The summed E-state index contributed by atoms with van der Waals surface area (Å²) in [5, 5.41) is 9.28. The Balaban J connectivity index is 0.00000324. The molecule has 0 aliphatic carbocycles. The van der Waals surface area contributed by atoms with Gasteiger partial charge in [0.15, 0.2) is 0 Å². The number of carbonyl (C=O) groups excluding carboxylic acids is 1. The molecule has 108 valence electrons. The molecule has 3 N–H and O–H groups in total. The Morgan fingerprint density at radius 2 is 2.16 bits per heavy atom.